The number of hydrogen-bond acceptors (Lipinski definition) is 6. The third-order valence-electron chi connectivity index (χ3n) is 6.83. The highest BCUT2D eigenvalue weighted by molar-refractivity contribution is 5.74. The molecule has 0 saturated heterocycles. The third kappa shape index (κ3) is 4.00. The van der Waals surface area contributed by atoms with E-state index in [0.717, 1.165) is 36.1 Å². The molecule has 34 heavy (non-hydrogen) atoms. The highest BCUT2D eigenvalue weighted by Crippen LogP contribution is 2.43. The Balaban J connectivity index is 1.55. The van der Waals surface area contributed by atoms with Crippen LogP contribution < -0.4 is 5.69 Å². The van der Waals surface area contributed by atoms with Gasteiger partial charge in [-0.05, 0) is 42.5 Å². The fourth-order valence-electron chi connectivity index (χ4n) is 4.75. The van der Waals surface area contributed by atoms with E-state index in [1.807, 2.05) is 47.3 Å². The van der Waals surface area contributed by atoms with E-state index in [1.54, 1.807) is 10.8 Å². The van der Waals surface area contributed by atoms with Crippen LogP contribution in [-0.2, 0) is 23.2 Å². The molecule has 0 amide bonds. The average molecular weight is 462 g/mol. The van der Waals surface area contributed by atoms with E-state index in [4.69, 9.17) is 0 Å². The second-order valence-electron chi connectivity index (χ2n) is 9.07. The molecular formula is C24H27N7O3. The van der Waals surface area contributed by atoms with Crippen LogP contribution in [-0.4, -0.2) is 47.0 Å². The molecule has 1 aliphatic heterocycles. The number of aromatic amines is 1. The van der Waals surface area contributed by atoms with Gasteiger partial charge in [0.25, 0.3) is 0 Å². The van der Waals surface area contributed by atoms with Crippen LogP contribution in [0.25, 0.3) is 11.4 Å². The standard InChI is InChI=1S/C24H27N7O3/c1-2-3-7-18-14-30(20-13-19(20)22(32)33)23(34)31(18)15-24(8-10-25-11-9-24)17-6-4-5-16(12-17)21-26-28-29-27-21/h4-6,8,10-12,14,19-20H,2-3,7,9,13,15H2,1H3,(H,32,33)(H,26,27,28,29). The van der Waals surface area contributed by atoms with Crippen LogP contribution in [0, 0.1) is 5.92 Å². The maximum absolute atomic E-state index is 13.5. The van der Waals surface area contributed by atoms with Crippen LogP contribution in [0.3, 0.4) is 0 Å². The van der Waals surface area contributed by atoms with Crippen molar-refractivity contribution >= 4 is 12.2 Å². The van der Waals surface area contributed by atoms with E-state index in [1.165, 1.54) is 0 Å². The summed E-state index contributed by atoms with van der Waals surface area (Å²) >= 11 is 0. The lowest BCUT2D eigenvalue weighted by Crippen LogP contribution is -2.37. The number of tetrazole rings is 1. The zero-order valence-corrected chi connectivity index (χ0v) is 19.0. The van der Waals surface area contributed by atoms with Crippen molar-refractivity contribution in [1.82, 2.24) is 29.8 Å². The number of carboxylic acid groups (broad SMARTS) is 1. The molecule has 1 saturated carbocycles. The maximum Gasteiger partial charge on any atom is 0.328 e. The number of hydrogen-bond donors (Lipinski definition) is 2. The Morgan fingerprint density at radius 2 is 2.24 bits per heavy atom. The SMILES string of the molecule is CCCCc1cn(C2CC2C(=O)O)c(=O)n1CC1(c2cccc(-c3nn[nH]n3)c2)C=CN=CC1. The Morgan fingerprint density at radius 3 is 2.91 bits per heavy atom. The number of rotatable bonds is 9. The number of carbonyl (C=O) groups is 1. The van der Waals surface area contributed by atoms with Gasteiger partial charge in [0.05, 0.1) is 12.0 Å². The van der Waals surface area contributed by atoms with Gasteiger partial charge in [0.2, 0.25) is 5.82 Å². The monoisotopic (exact) mass is 461 g/mol. The molecule has 0 radical (unpaired) electrons. The van der Waals surface area contributed by atoms with E-state index >= 15 is 0 Å². The number of benzene rings is 1. The van der Waals surface area contributed by atoms with Crippen molar-refractivity contribution in [3.05, 3.63) is 64.5 Å². The molecule has 1 aliphatic carbocycles. The lowest BCUT2D eigenvalue weighted by molar-refractivity contribution is -0.138. The first kappa shape index (κ1) is 22.0. The summed E-state index contributed by atoms with van der Waals surface area (Å²) in [6, 6.07) is 7.69. The first-order chi connectivity index (χ1) is 16.5. The summed E-state index contributed by atoms with van der Waals surface area (Å²) in [5.74, 6) is -0.832. The van der Waals surface area contributed by atoms with E-state index in [-0.39, 0.29) is 11.7 Å². The number of allylic oxidation sites excluding steroid dienone is 1. The van der Waals surface area contributed by atoms with Gasteiger partial charge in [-0.3, -0.25) is 18.9 Å². The molecule has 1 fully saturated rings. The summed E-state index contributed by atoms with van der Waals surface area (Å²) in [6.45, 7) is 2.55. The van der Waals surface area contributed by atoms with Crippen molar-refractivity contribution in [3.8, 4) is 11.4 Å². The molecule has 3 heterocycles. The zero-order chi connectivity index (χ0) is 23.7. The molecule has 2 N–H and O–H groups in total. The number of nitrogens with one attached hydrogen (secondary N) is 1. The summed E-state index contributed by atoms with van der Waals surface area (Å²) in [7, 11) is 0. The second-order valence-corrected chi connectivity index (χ2v) is 9.07. The number of nitrogens with zero attached hydrogens (tertiary/aromatic N) is 6. The summed E-state index contributed by atoms with van der Waals surface area (Å²) in [6.07, 6.45) is 11.4. The zero-order valence-electron chi connectivity index (χ0n) is 19.0. The largest absolute Gasteiger partial charge is 0.481 e. The molecule has 176 valence electrons. The Morgan fingerprint density at radius 1 is 1.35 bits per heavy atom. The Kier molecular flexibility index (Phi) is 5.72. The molecule has 10 nitrogen and oxygen atoms in total. The summed E-state index contributed by atoms with van der Waals surface area (Å²) in [5, 5.41) is 23.7. The van der Waals surface area contributed by atoms with E-state index in [9.17, 15) is 14.7 Å². The van der Waals surface area contributed by atoms with Crippen molar-refractivity contribution < 1.29 is 9.90 Å². The van der Waals surface area contributed by atoms with Gasteiger partial charge in [-0.15, -0.1) is 10.2 Å². The summed E-state index contributed by atoms with van der Waals surface area (Å²) in [4.78, 5) is 29.3. The molecule has 1 aromatic carbocycles. The third-order valence-corrected chi connectivity index (χ3v) is 6.83. The number of unbranched alkanes of at least 4 members (excludes halogenated alkanes) is 1. The van der Waals surface area contributed by atoms with Crippen LogP contribution in [0.1, 0.15) is 49.9 Å². The fraction of sp³-hybridized carbons (Fsp3) is 0.417. The molecule has 3 atom stereocenters. The lowest BCUT2D eigenvalue weighted by Gasteiger charge is -2.32. The van der Waals surface area contributed by atoms with Crippen LogP contribution in [0.5, 0.6) is 0 Å². The minimum atomic E-state index is -0.846. The van der Waals surface area contributed by atoms with Crippen molar-refractivity contribution in [2.75, 3.05) is 0 Å². The molecule has 2 aromatic heterocycles. The normalized spacial score (nSPS) is 23.3. The summed E-state index contributed by atoms with van der Waals surface area (Å²) in [5.41, 5.74) is 2.15. The van der Waals surface area contributed by atoms with Crippen LogP contribution in [0.15, 0.2) is 52.5 Å². The van der Waals surface area contributed by atoms with Gasteiger partial charge in [-0.25, -0.2) is 4.79 Å². The van der Waals surface area contributed by atoms with Crippen LogP contribution >= 0.6 is 0 Å². The smallest absolute Gasteiger partial charge is 0.328 e. The molecule has 3 aromatic rings. The van der Waals surface area contributed by atoms with Gasteiger partial charge >= 0.3 is 11.7 Å². The number of aliphatic imine (C=N–C) groups is 1. The highest BCUT2D eigenvalue weighted by atomic mass is 16.4. The van der Waals surface area contributed by atoms with Gasteiger partial charge in [0.1, 0.15) is 0 Å². The van der Waals surface area contributed by atoms with Crippen LogP contribution in [0.4, 0.5) is 0 Å². The van der Waals surface area contributed by atoms with E-state index in [2.05, 4.69) is 32.5 Å². The fourth-order valence-corrected chi connectivity index (χ4v) is 4.75. The topological polar surface area (TPSA) is 131 Å². The minimum Gasteiger partial charge on any atom is -0.481 e. The molecule has 2 aliphatic rings. The number of aromatic nitrogens is 6. The average Bonchev–Trinajstić information content (AvgIpc) is 3.34. The molecule has 5 rings (SSSR count). The predicted molar refractivity (Wildman–Crippen MR) is 126 cm³/mol. The van der Waals surface area contributed by atoms with Crippen LogP contribution in [0.2, 0.25) is 0 Å². The van der Waals surface area contributed by atoms with E-state index in [0.29, 0.717) is 25.2 Å². The van der Waals surface area contributed by atoms with Crippen molar-refractivity contribution in [1.29, 1.82) is 0 Å². The van der Waals surface area contributed by atoms with Gasteiger partial charge in [-0.1, -0.05) is 37.6 Å². The summed E-state index contributed by atoms with van der Waals surface area (Å²) < 4.78 is 3.46. The first-order valence-electron chi connectivity index (χ1n) is 11.6. The molecule has 0 bridgehead atoms. The van der Waals surface area contributed by atoms with Crippen molar-refractivity contribution in [3.63, 3.8) is 0 Å². The maximum atomic E-state index is 13.5. The first-order valence-corrected chi connectivity index (χ1v) is 11.6. The van der Waals surface area contributed by atoms with Gasteiger partial charge in [0.15, 0.2) is 0 Å². The minimum absolute atomic E-state index is 0.149. The van der Waals surface area contributed by atoms with Crippen molar-refractivity contribution in [2.24, 2.45) is 10.9 Å². The number of imidazole rings is 1. The van der Waals surface area contributed by atoms with E-state index < -0.39 is 17.3 Å². The second kappa shape index (κ2) is 8.85. The molecule has 3 unspecified atom stereocenters. The van der Waals surface area contributed by atoms with Crippen molar-refractivity contribution in [2.45, 2.75) is 57.0 Å². The number of H-pyrrole nitrogens is 1. The number of carboxylic acids is 1. The Labute approximate surface area is 196 Å². The van der Waals surface area contributed by atoms with Gasteiger partial charge in [0, 0.05) is 41.8 Å². The van der Waals surface area contributed by atoms with Gasteiger partial charge < -0.3 is 5.11 Å². The molecule has 10 heteroatoms. The lowest BCUT2D eigenvalue weighted by atomic mass is 9.76. The number of aryl methyl sites for hydroxylation is 1. The Bertz CT molecular complexity index is 1300. The quantitative estimate of drug-likeness (QED) is 0.504. The predicted octanol–water partition coefficient (Wildman–Crippen LogP) is 2.74. The number of aliphatic carboxylic acids is 1. The van der Waals surface area contributed by atoms with Gasteiger partial charge in [-0.2, -0.15) is 5.21 Å². The molecular weight excluding hydrogens is 434 g/mol. The Hall–Kier alpha value is -3.82. The molecule has 0 spiro atoms. The highest BCUT2D eigenvalue weighted by Gasteiger charge is 2.46.